The van der Waals surface area contributed by atoms with Crippen molar-refractivity contribution >= 4 is 43.9 Å². The van der Waals surface area contributed by atoms with E-state index in [0.717, 1.165) is 69.1 Å². The second kappa shape index (κ2) is 14.3. The smallest absolute Gasteiger partial charge is 0.139 e. The fourth-order valence-corrected chi connectivity index (χ4v) is 9.27. The Morgan fingerprint density at radius 2 is 1.30 bits per heavy atom. The number of aryl methyl sites for hydroxylation is 2. The highest BCUT2D eigenvalue weighted by Crippen LogP contribution is 2.52. The second-order valence-corrected chi connectivity index (χ2v) is 16.2. The Balaban J connectivity index is 0.000000514. The van der Waals surface area contributed by atoms with Gasteiger partial charge >= 0.3 is 0 Å². The van der Waals surface area contributed by atoms with Crippen LogP contribution in [0.4, 0.5) is 0 Å². The van der Waals surface area contributed by atoms with Gasteiger partial charge in [0.05, 0.1) is 0 Å². The lowest BCUT2D eigenvalue weighted by Crippen LogP contribution is -2.27. The number of allylic oxidation sites excluding steroid dienone is 9. The van der Waals surface area contributed by atoms with E-state index in [1.165, 1.54) is 56.5 Å². The van der Waals surface area contributed by atoms with Gasteiger partial charge in [-0.25, -0.2) is 0 Å². The minimum atomic E-state index is -0.0796. The molecule has 11 rings (SSSR count). The first-order valence-corrected chi connectivity index (χ1v) is 20.4. The lowest BCUT2D eigenvalue weighted by atomic mass is 9.68. The molecule has 0 N–H and O–H groups in total. The fraction of sp³-hybridized carbons (Fsp3) is 0.164. The predicted octanol–water partition coefficient (Wildman–Crippen LogP) is 15.3. The van der Waals surface area contributed by atoms with Crippen LogP contribution in [-0.2, 0) is 5.41 Å². The minimum Gasteiger partial charge on any atom is -0.456 e. The van der Waals surface area contributed by atoms with Gasteiger partial charge in [0.2, 0.25) is 0 Å². The SMILES string of the molecule is C=CCCC1(c2cc(-c3ccc4oc5cc6oc7ccc(-c8ccccc8)cc7c6cc5c4c3)ccc2C)C=C(C2=CC=CC3CC23)C=CC1.Cc1ccccc1. The van der Waals surface area contributed by atoms with Crippen molar-refractivity contribution in [1.82, 2.24) is 0 Å². The van der Waals surface area contributed by atoms with Crippen LogP contribution in [-0.4, -0.2) is 0 Å². The summed E-state index contributed by atoms with van der Waals surface area (Å²) in [5.74, 6) is 1.41. The zero-order valence-electron chi connectivity index (χ0n) is 32.7. The molecule has 57 heavy (non-hydrogen) atoms. The van der Waals surface area contributed by atoms with E-state index in [-0.39, 0.29) is 5.41 Å². The maximum absolute atomic E-state index is 6.43. The summed E-state index contributed by atoms with van der Waals surface area (Å²) in [4.78, 5) is 0. The molecule has 0 radical (unpaired) electrons. The third kappa shape index (κ3) is 6.50. The summed E-state index contributed by atoms with van der Waals surface area (Å²) in [5, 5.41) is 4.45. The first kappa shape index (κ1) is 35.1. The zero-order valence-corrected chi connectivity index (χ0v) is 32.7. The van der Waals surface area contributed by atoms with Crippen molar-refractivity contribution in [3.05, 3.63) is 204 Å². The van der Waals surface area contributed by atoms with E-state index in [9.17, 15) is 0 Å². The van der Waals surface area contributed by atoms with Crippen LogP contribution < -0.4 is 0 Å². The van der Waals surface area contributed by atoms with Crippen molar-refractivity contribution < 1.29 is 8.83 Å². The molecule has 1 fully saturated rings. The molecular weight excluding hydrogens is 693 g/mol. The van der Waals surface area contributed by atoms with Crippen LogP contribution in [0.3, 0.4) is 0 Å². The summed E-state index contributed by atoms with van der Waals surface area (Å²) in [7, 11) is 0. The van der Waals surface area contributed by atoms with Gasteiger partial charge in [0.15, 0.2) is 0 Å². The highest BCUT2D eigenvalue weighted by molar-refractivity contribution is 6.16. The highest BCUT2D eigenvalue weighted by Gasteiger charge is 2.41. The fourth-order valence-electron chi connectivity index (χ4n) is 9.27. The Morgan fingerprint density at radius 3 is 1.96 bits per heavy atom. The van der Waals surface area contributed by atoms with Crippen LogP contribution in [0.15, 0.2) is 196 Å². The monoisotopic (exact) mass is 738 g/mol. The minimum absolute atomic E-state index is 0.0796. The summed E-state index contributed by atoms with van der Waals surface area (Å²) in [6.45, 7) is 8.47. The van der Waals surface area contributed by atoms with Crippen molar-refractivity contribution in [2.24, 2.45) is 11.8 Å². The van der Waals surface area contributed by atoms with Crippen LogP contribution >= 0.6 is 0 Å². The molecule has 2 aromatic heterocycles. The summed E-state index contributed by atoms with van der Waals surface area (Å²) in [6.07, 6.45) is 20.7. The quantitative estimate of drug-likeness (QED) is 0.152. The van der Waals surface area contributed by atoms with E-state index in [1.54, 1.807) is 0 Å². The van der Waals surface area contributed by atoms with Gasteiger partial charge in [-0.1, -0.05) is 133 Å². The van der Waals surface area contributed by atoms with Gasteiger partial charge in [-0.3, -0.25) is 0 Å². The van der Waals surface area contributed by atoms with Crippen molar-refractivity contribution in [1.29, 1.82) is 0 Å². The molecule has 0 amide bonds. The molecule has 1 saturated carbocycles. The molecule has 2 heterocycles. The lowest BCUT2D eigenvalue weighted by Gasteiger charge is -2.36. The Hall–Kier alpha value is -6.38. The number of furan rings is 2. The molecule has 6 aromatic carbocycles. The maximum Gasteiger partial charge on any atom is 0.139 e. The number of rotatable bonds is 7. The van der Waals surface area contributed by atoms with Gasteiger partial charge in [-0.15, -0.1) is 6.58 Å². The van der Waals surface area contributed by atoms with Gasteiger partial charge in [0.25, 0.3) is 0 Å². The van der Waals surface area contributed by atoms with Gasteiger partial charge in [0, 0.05) is 33.0 Å². The lowest BCUT2D eigenvalue weighted by molar-refractivity contribution is 0.491. The molecule has 2 nitrogen and oxygen atoms in total. The van der Waals surface area contributed by atoms with Crippen molar-refractivity contribution in [2.75, 3.05) is 0 Å². The number of benzene rings is 6. The van der Waals surface area contributed by atoms with Crippen LogP contribution in [0.2, 0.25) is 0 Å². The van der Waals surface area contributed by atoms with E-state index in [2.05, 4.69) is 172 Å². The molecule has 278 valence electrons. The largest absolute Gasteiger partial charge is 0.456 e. The number of fused-ring (bicyclic) bond motifs is 7. The second-order valence-electron chi connectivity index (χ2n) is 16.2. The van der Waals surface area contributed by atoms with Gasteiger partial charge < -0.3 is 8.83 Å². The highest BCUT2D eigenvalue weighted by atomic mass is 16.3. The molecule has 3 aliphatic carbocycles. The Labute approximate surface area is 334 Å². The topological polar surface area (TPSA) is 26.3 Å². The Morgan fingerprint density at radius 1 is 0.667 bits per heavy atom. The van der Waals surface area contributed by atoms with Crippen LogP contribution in [0.25, 0.3) is 66.1 Å². The summed E-state index contributed by atoms with van der Waals surface area (Å²) in [5.41, 5.74) is 15.2. The van der Waals surface area contributed by atoms with Crippen molar-refractivity contribution in [3.63, 3.8) is 0 Å². The van der Waals surface area contributed by atoms with E-state index >= 15 is 0 Å². The number of hydrogen-bond donors (Lipinski definition) is 0. The Kier molecular flexibility index (Phi) is 8.79. The first-order chi connectivity index (χ1) is 28.0. The van der Waals surface area contributed by atoms with Gasteiger partial charge in [-0.2, -0.15) is 0 Å². The van der Waals surface area contributed by atoms with E-state index < -0.39 is 0 Å². The third-order valence-corrected chi connectivity index (χ3v) is 12.4. The van der Waals surface area contributed by atoms with Crippen LogP contribution in [0.1, 0.15) is 42.4 Å². The van der Waals surface area contributed by atoms with Gasteiger partial charge in [-0.05, 0) is 132 Å². The predicted molar refractivity (Wildman–Crippen MR) is 240 cm³/mol. The molecule has 3 atom stereocenters. The molecule has 0 aliphatic heterocycles. The molecule has 0 saturated heterocycles. The zero-order chi connectivity index (χ0) is 38.5. The molecule has 0 spiro atoms. The Bertz CT molecular complexity index is 2950. The molecular formula is C55H46O2. The summed E-state index contributed by atoms with van der Waals surface area (Å²) >= 11 is 0. The molecule has 3 unspecified atom stereocenters. The summed E-state index contributed by atoms with van der Waals surface area (Å²) < 4.78 is 12.8. The van der Waals surface area contributed by atoms with E-state index in [1.807, 2.05) is 18.2 Å². The average Bonchev–Trinajstić information content (AvgIpc) is 3.86. The molecule has 3 aliphatic rings. The van der Waals surface area contributed by atoms with E-state index in [4.69, 9.17) is 8.83 Å². The molecule has 0 bridgehead atoms. The van der Waals surface area contributed by atoms with E-state index in [0.29, 0.717) is 5.92 Å². The van der Waals surface area contributed by atoms with Crippen molar-refractivity contribution in [3.8, 4) is 22.3 Å². The van der Waals surface area contributed by atoms with Crippen LogP contribution in [0, 0.1) is 25.7 Å². The third-order valence-electron chi connectivity index (χ3n) is 12.4. The normalized spacial score (nSPS) is 19.6. The van der Waals surface area contributed by atoms with Crippen LogP contribution in [0.5, 0.6) is 0 Å². The maximum atomic E-state index is 6.43. The van der Waals surface area contributed by atoms with Gasteiger partial charge in [0.1, 0.15) is 22.3 Å². The average molecular weight is 739 g/mol. The first-order valence-electron chi connectivity index (χ1n) is 20.4. The summed E-state index contributed by atoms with van der Waals surface area (Å²) in [6, 6.07) is 45.3. The molecule has 2 heteroatoms. The standard InChI is InChI=1S/C48H38O2.C7H8/c1-3-4-21-48(22-9-13-36(29-48)37-14-8-12-35-25-38(35)37)43-26-34(16-15-30(43)2)33-18-20-45-40(24-33)42-27-41-39-23-32(31-10-6-5-7-11-31)17-19-44(39)49-46(41)28-47(42)50-45;1-7-5-3-2-4-6-7/h3,5-20,23-24,26-29,35,38H,1,4,21-22,25H2,2H3;2-6H,1H3. The molecule has 8 aromatic rings. The van der Waals surface area contributed by atoms with Crippen molar-refractivity contribution in [2.45, 2.75) is 44.9 Å². The number of hydrogen-bond acceptors (Lipinski definition) is 2.